The molecule has 3 aromatic rings. The summed E-state index contributed by atoms with van der Waals surface area (Å²) in [6.45, 7) is 0.222. The van der Waals surface area contributed by atoms with E-state index in [1.807, 2.05) is 12.1 Å². The van der Waals surface area contributed by atoms with Crippen LogP contribution in [0.4, 0.5) is 4.39 Å². The summed E-state index contributed by atoms with van der Waals surface area (Å²) in [7, 11) is 0. The van der Waals surface area contributed by atoms with Crippen LogP contribution in [0.15, 0.2) is 75.6 Å². The second-order valence-corrected chi connectivity index (χ2v) is 6.17. The molecule has 0 fully saturated rings. The van der Waals surface area contributed by atoms with E-state index in [0.29, 0.717) is 22.8 Å². The van der Waals surface area contributed by atoms with E-state index < -0.39 is 0 Å². The van der Waals surface area contributed by atoms with Crippen molar-refractivity contribution in [1.82, 2.24) is 0 Å². The summed E-state index contributed by atoms with van der Waals surface area (Å²) in [5.74, 6) is 1.31. The van der Waals surface area contributed by atoms with Crippen molar-refractivity contribution in [3.8, 4) is 5.75 Å². The summed E-state index contributed by atoms with van der Waals surface area (Å²) >= 11 is 3.33. The molecule has 0 aliphatic heterocycles. The van der Waals surface area contributed by atoms with Crippen molar-refractivity contribution in [1.29, 1.82) is 0 Å². The summed E-state index contributed by atoms with van der Waals surface area (Å²) in [6.07, 6.45) is 3.08. The van der Waals surface area contributed by atoms with E-state index in [-0.39, 0.29) is 18.2 Å². The average Bonchev–Trinajstić information content (AvgIpc) is 3.08. The number of ketones is 1. The minimum absolute atomic E-state index is 0.104. The minimum atomic E-state index is -0.312. The third-order valence-corrected chi connectivity index (χ3v) is 3.93. The fourth-order valence-electron chi connectivity index (χ4n) is 2.12. The van der Waals surface area contributed by atoms with Gasteiger partial charge in [-0.1, -0.05) is 15.9 Å². The van der Waals surface area contributed by atoms with Gasteiger partial charge in [-0.3, -0.25) is 4.79 Å². The number of rotatable bonds is 6. The zero-order chi connectivity index (χ0) is 17.6. The Bertz CT molecular complexity index is 880. The summed E-state index contributed by atoms with van der Waals surface area (Å²) in [5.41, 5.74) is 0.603. The van der Waals surface area contributed by atoms with Crippen LogP contribution in [0, 0.1) is 5.82 Å². The van der Waals surface area contributed by atoms with Crippen molar-refractivity contribution in [3.63, 3.8) is 0 Å². The molecule has 3 nitrogen and oxygen atoms in total. The van der Waals surface area contributed by atoms with Crippen molar-refractivity contribution >= 4 is 27.8 Å². The van der Waals surface area contributed by atoms with E-state index >= 15 is 0 Å². The quantitative estimate of drug-likeness (QED) is 0.396. The van der Waals surface area contributed by atoms with E-state index in [1.165, 1.54) is 18.2 Å². The van der Waals surface area contributed by atoms with Crippen LogP contribution in [0.3, 0.4) is 0 Å². The molecule has 0 saturated heterocycles. The van der Waals surface area contributed by atoms with E-state index in [0.717, 1.165) is 4.47 Å². The Balaban J connectivity index is 1.58. The number of ether oxygens (including phenoxy) is 1. The fraction of sp³-hybridized carbons (Fsp3) is 0.0500. The molecule has 25 heavy (non-hydrogen) atoms. The monoisotopic (exact) mass is 400 g/mol. The van der Waals surface area contributed by atoms with Crippen molar-refractivity contribution in [2.45, 2.75) is 6.61 Å². The van der Waals surface area contributed by atoms with E-state index in [4.69, 9.17) is 9.15 Å². The highest BCUT2D eigenvalue weighted by Crippen LogP contribution is 2.16. The van der Waals surface area contributed by atoms with Gasteiger partial charge in [0.15, 0.2) is 5.78 Å². The lowest BCUT2D eigenvalue weighted by atomic mass is 10.1. The normalized spacial score (nSPS) is 11.0. The molecule has 5 heteroatoms. The molecule has 0 amide bonds. The Labute approximate surface area is 152 Å². The van der Waals surface area contributed by atoms with Gasteiger partial charge in [0.2, 0.25) is 0 Å². The zero-order valence-corrected chi connectivity index (χ0v) is 14.7. The van der Waals surface area contributed by atoms with Gasteiger partial charge in [-0.05, 0) is 72.8 Å². The summed E-state index contributed by atoms with van der Waals surface area (Å²) in [4.78, 5) is 12.1. The molecule has 1 aromatic heterocycles. The molecule has 0 N–H and O–H groups in total. The van der Waals surface area contributed by atoms with Gasteiger partial charge in [-0.2, -0.15) is 0 Å². The van der Waals surface area contributed by atoms with E-state index in [2.05, 4.69) is 15.9 Å². The molecule has 0 aliphatic rings. The summed E-state index contributed by atoms with van der Waals surface area (Å²) in [6, 6.07) is 16.4. The van der Waals surface area contributed by atoms with Gasteiger partial charge < -0.3 is 9.15 Å². The highest BCUT2D eigenvalue weighted by atomic mass is 79.9. The van der Waals surface area contributed by atoms with Gasteiger partial charge in [0.25, 0.3) is 0 Å². The SMILES string of the molecule is O=C(/C=C/c1ccc(COc2ccc(F)cc2)o1)c1ccc(Br)cc1. The van der Waals surface area contributed by atoms with Gasteiger partial charge in [0, 0.05) is 10.0 Å². The molecule has 0 radical (unpaired) electrons. The smallest absolute Gasteiger partial charge is 0.185 e. The molecule has 3 rings (SSSR count). The van der Waals surface area contributed by atoms with Crippen LogP contribution in [0.2, 0.25) is 0 Å². The molecule has 0 saturated carbocycles. The second-order valence-electron chi connectivity index (χ2n) is 5.25. The minimum Gasteiger partial charge on any atom is -0.486 e. The third kappa shape index (κ3) is 4.90. The number of halogens is 2. The van der Waals surface area contributed by atoms with E-state index in [9.17, 15) is 9.18 Å². The zero-order valence-electron chi connectivity index (χ0n) is 13.1. The van der Waals surface area contributed by atoms with Crippen LogP contribution in [-0.2, 0) is 6.61 Å². The first-order valence-corrected chi connectivity index (χ1v) is 8.34. The van der Waals surface area contributed by atoms with Crippen molar-refractivity contribution in [2.75, 3.05) is 0 Å². The average molecular weight is 401 g/mol. The van der Waals surface area contributed by atoms with Gasteiger partial charge in [-0.15, -0.1) is 0 Å². The van der Waals surface area contributed by atoms with Crippen molar-refractivity contribution in [3.05, 3.63) is 94.1 Å². The lowest BCUT2D eigenvalue weighted by Gasteiger charge is -2.03. The number of carbonyl (C=O) groups is 1. The van der Waals surface area contributed by atoms with E-state index in [1.54, 1.807) is 42.5 Å². The molecule has 0 atom stereocenters. The lowest BCUT2D eigenvalue weighted by molar-refractivity contribution is 0.104. The molecular weight excluding hydrogens is 387 g/mol. The van der Waals surface area contributed by atoms with Crippen LogP contribution in [0.1, 0.15) is 21.9 Å². The molecule has 0 unspecified atom stereocenters. The maximum Gasteiger partial charge on any atom is 0.185 e. The number of hydrogen-bond acceptors (Lipinski definition) is 3. The van der Waals surface area contributed by atoms with Gasteiger partial charge >= 0.3 is 0 Å². The second kappa shape index (κ2) is 7.94. The first-order valence-electron chi connectivity index (χ1n) is 7.55. The topological polar surface area (TPSA) is 39.4 Å². The first-order chi connectivity index (χ1) is 12.1. The van der Waals surface area contributed by atoms with Crippen LogP contribution in [-0.4, -0.2) is 5.78 Å². The summed E-state index contributed by atoms with van der Waals surface area (Å²) < 4.78 is 24.9. The van der Waals surface area contributed by atoms with Crippen LogP contribution >= 0.6 is 15.9 Å². The summed E-state index contributed by atoms with van der Waals surface area (Å²) in [5, 5.41) is 0. The number of allylic oxidation sites excluding steroid dienone is 1. The number of furan rings is 1. The van der Waals surface area contributed by atoms with Gasteiger partial charge in [0.1, 0.15) is 29.7 Å². The van der Waals surface area contributed by atoms with Crippen molar-refractivity contribution in [2.24, 2.45) is 0 Å². The number of benzene rings is 2. The Hall–Kier alpha value is -2.66. The highest BCUT2D eigenvalue weighted by molar-refractivity contribution is 9.10. The van der Waals surface area contributed by atoms with Crippen molar-refractivity contribution < 1.29 is 18.3 Å². The predicted octanol–water partition coefficient (Wildman–Crippen LogP) is 5.66. The lowest BCUT2D eigenvalue weighted by Crippen LogP contribution is -1.93. The van der Waals surface area contributed by atoms with Gasteiger partial charge in [-0.25, -0.2) is 4.39 Å². The molecule has 2 aromatic carbocycles. The predicted molar refractivity (Wildman–Crippen MR) is 96.9 cm³/mol. The standard InChI is InChI=1S/C20H14BrFO3/c21-15-3-1-14(2-4-15)20(23)12-11-18-9-10-19(25-18)13-24-17-7-5-16(22)6-8-17/h1-12H,13H2/b12-11+. The maximum absolute atomic E-state index is 12.8. The molecule has 0 bridgehead atoms. The molecule has 0 spiro atoms. The fourth-order valence-corrected chi connectivity index (χ4v) is 2.38. The Morgan fingerprint density at radius 1 is 1.04 bits per heavy atom. The Morgan fingerprint density at radius 3 is 2.48 bits per heavy atom. The van der Waals surface area contributed by atoms with Gasteiger partial charge in [0.05, 0.1) is 0 Å². The largest absolute Gasteiger partial charge is 0.486 e. The molecular formula is C20H14BrFO3. The van der Waals surface area contributed by atoms with Crippen LogP contribution in [0.5, 0.6) is 5.75 Å². The molecule has 1 heterocycles. The molecule has 0 aliphatic carbocycles. The number of carbonyl (C=O) groups excluding carboxylic acids is 1. The molecule has 126 valence electrons. The Morgan fingerprint density at radius 2 is 1.76 bits per heavy atom. The first kappa shape index (κ1) is 17.2. The highest BCUT2D eigenvalue weighted by Gasteiger charge is 2.04. The third-order valence-electron chi connectivity index (χ3n) is 3.40. The number of hydrogen-bond donors (Lipinski definition) is 0. The maximum atomic E-state index is 12.8. The van der Waals surface area contributed by atoms with Crippen LogP contribution in [0.25, 0.3) is 6.08 Å². The Kier molecular flexibility index (Phi) is 5.46. The van der Waals surface area contributed by atoms with Crippen LogP contribution < -0.4 is 4.74 Å².